The SMILES string of the molecule is [CH2-]CP.[CH3-].[CH3-].[Y]. The molecule has 0 aliphatic carbocycles. The molecule has 6 heavy (non-hydrogen) atoms. The fourth-order valence-corrected chi connectivity index (χ4v) is 0. The second-order valence-electron chi connectivity index (χ2n) is 0.289. The Labute approximate surface area is 69.6 Å². The molecule has 0 aliphatic rings. The van der Waals surface area contributed by atoms with Crippen LogP contribution in [-0.2, 0) is 32.7 Å². The Hall–Kier alpha value is 1.53. The zero-order valence-corrected chi connectivity index (χ0v) is 8.56. The van der Waals surface area contributed by atoms with Crippen LogP contribution in [0.4, 0.5) is 0 Å². The van der Waals surface area contributed by atoms with Crippen molar-refractivity contribution < 1.29 is 32.7 Å². The van der Waals surface area contributed by atoms with Gasteiger partial charge in [0.1, 0.15) is 0 Å². The van der Waals surface area contributed by atoms with E-state index in [0.29, 0.717) is 0 Å². The summed E-state index contributed by atoms with van der Waals surface area (Å²) in [4.78, 5) is 0. The average Bonchev–Trinajstić information content (AvgIpc) is 0.918. The largest absolute Gasteiger partial charge is 0.358 e. The summed E-state index contributed by atoms with van der Waals surface area (Å²) in [6.45, 7) is 3.45. The van der Waals surface area contributed by atoms with Gasteiger partial charge in [-0.1, -0.05) is 0 Å². The summed E-state index contributed by atoms with van der Waals surface area (Å²) >= 11 is 0. The van der Waals surface area contributed by atoms with E-state index in [1.54, 1.807) is 0 Å². The van der Waals surface area contributed by atoms with E-state index < -0.39 is 0 Å². The first kappa shape index (κ1) is 25.8. The second kappa shape index (κ2) is 31.2. The van der Waals surface area contributed by atoms with Crippen LogP contribution in [0.5, 0.6) is 0 Å². The van der Waals surface area contributed by atoms with Gasteiger partial charge < -0.3 is 21.8 Å². The molecule has 2 heteroatoms. The van der Waals surface area contributed by atoms with Gasteiger partial charge in [0, 0.05) is 32.7 Å². The monoisotopic (exact) mass is 180 g/mol. The Morgan fingerprint density at radius 1 is 1.33 bits per heavy atom. The maximum Gasteiger partial charge on any atom is 0 e. The predicted molar refractivity (Wildman–Crippen MR) is 32.8 cm³/mol. The van der Waals surface area contributed by atoms with Crippen LogP contribution < -0.4 is 0 Å². The first-order chi connectivity index (χ1) is 1.41. The Morgan fingerprint density at radius 2 is 1.33 bits per heavy atom. The van der Waals surface area contributed by atoms with Gasteiger partial charge in [0.2, 0.25) is 0 Å². The van der Waals surface area contributed by atoms with Gasteiger partial charge in [-0.15, -0.1) is 0 Å². The van der Waals surface area contributed by atoms with E-state index in [-0.39, 0.29) is 47.6 Å². The maximum atomic E-state index is 3.45. The molecule has 0 amide bonds. The molecule has 0 nitrogen and oxygen atoms in total. The molecule has 39 valence electrons. The van der Waals surface area contributed by atoms with Gasteiger partial charge in [-0.05, 0) is 0 Å². The third-order valence-corrected chi connectivity index (χ3v) is 0. The second-order valence-corrected chi connectivity index (χ2v) is 0.866. The van der Waals surface area contributed by atoms with E-state index >= 15 is 0 Å². The van der Waals surface area contributed by atoms with Gasteiger partial charge in [0.15, 0.2) is 0 Å². The number of rotatable bonds is 0. The smallest absolute Gasteiger partial charge is 0 e. The molecule has 0 aromatic rings. The van der Waals surface area contributed by atoms with E-state index in [4.69, 9.17) is 0 Å². The molecule has 1 radical (unpaired) electrons. The van der Waals surface area contributed by atoms with Gasteiger partial charge in [-0.25, -0.2) is 0 Å². The zero-order valence-electron chi connectivity index (χ0n) is 4.57. The molecule has 0 bridgehead atoms. The van der Waals surface area contributed by atoms with Crippen LogP contribution in [0.2, 0.25) is 0 Å². The molecule has 1 atom stereocenters. The van der Waals surface area contributed by atoms with Crippen LogP contribution in [0.1, 0.15) is 0 Å². The Kier molecular flexibility index (Phi) is 134. The molecule has 0 fully saturated rings. The van der Waals surface area contributed by atoms with E-state index in [1.807, 2.05) is 0 Å². The standard InChI is InChI=1S/C2H6P.2CH3.Y/c1-2-3;;;/h1-3H2;2*1H3;/q3*-1;. The fourth-order valence-electron chi connectivity index (χ4n) is 0. The molecule has 1 unspecified atom stereocenters. The van der Waals surface area contributed by atoms with Crippen molar-refractivity contribution in [3.63, 3.8) is 0 Å². The minimum absolute atomic E-state index is 0. The molecular weight excluding hydrogens is 168 g/mol. The van der Waals surface area contributed by atoms with Crippen LogP contribution in [0.15, 0.2) is 0 Å². The van der Waals surface area contributed by atoms with E-state index in [2.05, 4.69) is 16.2 Å². The molecule has 0 aliphatic heterocycles. The van der Waals surface area contributed by atoms with Crippen molar-refractivity contribution in [2.24, 2.45) is 0 Å². The molecule has 0 N–H and O–H groups in total. The van der Waals surface area contributed by atoms with Crippen LogP contribution in [0.25, 0.3) is 0 Å². The van der Waals surface area contributed by atoms with E-state index in [0.717, 1.165) is 6.16 Å². The zero-order chi connectivity index (χ0) is 2.71. The summed E-state index contributed by atoms with van der Waals surface area (Å²) in [5, 5.41) is 0. The van der Waals surface area contributed by atoms with Crippen LogP contribution in [-0.4, -0.2) is 6.16 Å². The van der Waals surface area contributed by atoms with Gasteiger partial charge in [-0.2, -0.15) is 15.4 Å². The Bertz CT molecular complexity index is 7.51. The van der Waals surface area contributed by atoms with E-state index in [1.165, 1.54) is 0 Å². The number of hydrogen-bond acceptors (Lipinski definition) is 0. The van der Waals surface area contributed by atoms with Crippen molar-refractivity contribution in [3.8, 4) is 0 Å². The van der Waals surface area contributed by atoms with Crippen molar-refractivity contribution in [1.29, 1.82) is 0 Å². The minimum Gasteiger partial charge on any atom is -0.358 e. The first-order valence-corrected chi connectivity index (χ1v) is 1.72. The normalized spacial score (nSPS) is 3.00. The van der Waals surface area contributed by atoms with Crippen molar-refractivity contribution in [3.05, 3.63) is 21.8 Å². The Morgan fingerprint density at radius 3 is 1.33 bits per heavy atom. The molecule has 0 heterocycles. The van der Waals surface area contributed by atoms with E-state index in [9.17, 15) is 0 Å². The number of hydrogen-bond donors (Lipinski definition) is 0. The summed E-state index contributed by atoms with van der Waals surface area (Å²) < 4.78 is 0. The third kappa shape index (κ3) is 48.3. The maximum absolute atomic E-state index is 3.45. The summed E-state index contributed by atoms with van der Waals surface area (Å²) in [6, 6.07) is 0. The van der Waals surface area contributed by atoms with Crippen molar-refractivity contribution in [2.45, 2.75) is 0 Å². The fraction of sp³-hybridized carbons (Fsp3) is 0.250. The molecule has 0 saturated heterocycles. The van der Waals surface area contributed by atoms with Crippen molar-refractivity contribution in [1.82, 2.24) is 0 Å². The van der Waals surface area contributed by atoms with Gasteiger partial charge >= 0.3 is 0 Å². The summed E-state index contributed by atoms with van der Waals surface area (Å²) in [6.07, 6.45) is 0.917. The molecule has 0 aromatic carbocycles. The van der Waals surface area contributed by atoms with Gasteiger partial charge in [0.05, 0.1) is 0 Å². The van der Waals surface area contributed by atoms with Crippen LogP contribution in [0.3, 0.4) is 0 Å². The third-order valence-electron chi connectivity index (χ3n) is 0. The minimum atomic E-state index is 0. The predicted octanol–water partition coefficient (Wildman–Crippen LogP) is 1.59. The molecule has 0 saturated carbocycles. The molecule has 0 aromatic heterocycles. The van der Waals surface area contributed by atoms with Gasteiger partial charge in [-0.3, -0.25) is 0 Å². The average molecular weight is 180 g/mol. The van der Waals surface area contributed by atoms with Crippen molar-refractivity contribution in [2.75, 3.05) is 6.16 Å². The van der Waals surface area contributed by atoms with Crippen molar-refractivity contribution >= 4 is 9.24 Å². The molecular formula is C4H12PY-3. The first-order valence-electron chi connectivity index (χ1n) is 0.908. The molecule has 0 spiro atoms. The summed E-state index contributed by atoms with van der Waals surface area (Å²) in [7, 11) is 2.47. The van der Waals surface area contributed by atoms with Gasteiger partial charge in [0.25, 0.3) is 0 Å². The van der Waals surface area contributed by atoms with Crippen LogP contribution >= 0.6 is 9.24 Å². The summed E-state index contributed by atoms with van der Waals surface area (Å²) in [5.41, 5.74) is 0. The van der Waals surface area contributed by atoms with Crippen LogP contribution in [0, 0.1) is 21.8 Å². The summed E-state index contributed by atoms with van der Waals surface area (Å²) in [5.74, 6) is 0. The quantitative estimate of drug-likeness (QED) is 0.392. The Balaban J connectivity index is -0.00000000667. The topological polar surface area (TPSA) is 0 Å². The molecule has 0 rings (SSSR count).